The molecule has 0 bridgehead atoms. The molecule has 0 spiro atoms. The fraction of sp³-hybridized carbons (Fsp3) is 0.400. The second kappa shape index (κ2) is 7.39. The van der Waals surface area contributed by atoms with E-state index in [1.807, 2.05) is 25.1 Å². The van der Waals surface area contributed by atoms with Crippen molar-refractivity contribution in [2.75, 3.05) is 6.54 Å². The minimum absolute atomic E-state index is 0.172. The number of nitrogens with one attached hydrogen (secondary N) is 1. The van der Waals surface area contributed by atoms with Gasteiger partial charge < -0.3 is 11.1 Å². The number of rotatable bonds is 3. The van der Waals surface area contributed by atoms with Crippen LogP contribution >= 0.6 is 27.5 Å². The van der Waals surface area contributed by atoms with E-state index >= 15 is 0 Å². The third-order valence-corrected chi connectivity index (χ3v) is 6.78. The van der Waals surface area contributed by atoms with Gasteiger partial charge in [-0.2, -0.15) is 13.2 Å². The average molecular weight is 462 g/mol. The van der Waals surface area contributed by atoms with E-state index in [0.29, 0.717) is 24.2 Å². The van der Waals surface area contributed by atoms with Crippen LogP contribution in [0.4, 0.5) is 13.2 Å². The Balaban J connectivity index is 1.97. The van der Waals surface area contributed by atoms with Gasteiger partial charge in [0.25, 0.3) is 0 Å². The van der Waals surface area contributed by atoms with Crippen LogP contribution in [0.15, 0.2) is 40.9 Å². The van der Waals surface area contributed by atoms with Crippen LogP contribution in [-0.4, -0.2) is 11.9 Å². The quantitative estimate of drug-likeness (QED) is 0.597. The Kier molecular flexibility index (Phi) is 5.65. The first-order valence-corrected chi connectivity index (χ1v) is 9.84. The highest BCUT2D eigenvalue weighted by Crippen LogP contribution is 2.45. The number of hydrogen-bond donors (Lipinski definition) is 2. The summed E-state index contributed by atoms with van der Waals surface area (Å²) in [6.07, 6.45) is -4.38. The standard InChI is InChI=1S/C20H21BrClF3N2/c1-11-5-14(8-15(6-11)20(23,24)25)19(2)10-27-17(18(19)22)12-3-4-13(9-26)16(21)7-12/h3-8,17-18,27H,9-10,26H2,1-2H3. The number of nitrogens with two attached hydrogens (primary N) is 1. The Hall–Kier alpha value is -1.08. The van der Waals surface area contributed by atoms with Crippen LogP contribution in [-0.2, 0) is 18.1 Å². The van der Waals surface area contributed by atoms with E-state index < -0.39 is 22.5 Å². The first-order chi connectivity index (χ1) is 12.6. The monoisotopic (exact) mass is 460 g/mol. The number of halogens is 5. The maximum atomic E-state index is 13.3. The van der Waals surface area contributed by atoms with Gasteiger partial charge in [-0.15, -0.1) is 11.6 Å². The molecule has 3 rings (SSSR count). The lowest BCUT2D eigenvalue weighted by Gasteiger charge is -2.30. The van der Waals surface area contributed by atoms with Crippen molar-refractivity contribution in [3.8, 4) is 0 Å². The van der Waals surface area contributed by atoms with Crippen molar-refractivity contribution in [3.63, 3.8) is 0 Å². The van der Waals surface area contributed by atoms with Crippen molar-refractivity contribution in [1.82, 2.24) is 5.32 Å². The van der Waals surface area contributed by atoms with E-state index in [1.165, 1.54) is 12.1 Å². The van der Waals surface area contributed by atoms with Crippen molar-refractivity contribution in [2.45, 2.75) is 43.4 Å². The van der Waals surface area contributed by atoms with E-state index in [1.54, 1.807) is 13.0 Å². The van der Waals surface area contributed by atoms with Crippen molar-refractivity contribution < 1.29 is 13.2 Å². The van der Waals surface area contributed by atoms with Gasteiger partial charge in [-0.25, -0.2) is 0 Å². The van der Waals surface area contributed by atoms with Crippen LogP contribution in [0.25, 0.3) is 0 Å². The summed E-state index contributed by atoms with van der Waals surface area (Å²) in [7, 11) is 0. The van der Waals surface area contributed by atoms with Gasteiger partial charge >= 0.3 is 6.18 Å². The number of aryl methyl sites for hydroxylation is 1. The Morgan fingerprint density at radius 3 is 2.56 bits per heavy atom. The summed E-state index contributed by atoms with van der Waals surface area (Å²) < 4.78 is 40.7. The SMILES string of the molecule is Cc1cc(C(F)(F)F)cc(C2(C)CNC(c3ccc(CN)c(Br)c3)C2Cl)c1. The van der Waals surface area contributed by atoms with Crippen molar-refractivity contribution in [2.24, 2.45) is 5.73 Å². The summed E-state index contributed by atoms with van der Waals surface area (Å²) in [6, 6.07) is 9.88. The Bertz CT molecular complexity index is 856. The minimum Gasteiger partial charge on any atom is -0.326 e. The molecule has 1 heterocycles. The topological polar surface area (TPSA) is 38.0 Å². The van der Waals surface area contributed by atoms with Crippen molar-refractivity contribution in [1.29, 1.82) is 0 Å². The van der Waals surface area contributed by atoms with Gasteiger partial charge in [0.05, 0.1) is 10.9 Å². The van der Waals surface area contributed by atoms with Crippen LogP contribution in [0.1, 0.15) is 40.8 Å². The molecule has 0 amide bonds. The highest BCUT2D eigenvalue weighted by Gasteiger charge is 2.46. The Morgan fingerprint density at radius 2 is 1.96 bits per heavy atom. The fourth-order valence-corrected chi connectivity index (χ4v) is 4.63. The van der Waals surface area contributed by atoms with E-state index in [0.717, 1.165) is 15.6 Å². The summed E-state index contributed by atoms with van der Waals surface area (Å²) in [5.74, 6) is 0. The molecule has 3 N–H and O–H groups in total. The maximum Gasteiger partial charge on any atom is 0.416 e. The van der Waals surface area contributed by atoms with Crippen LogP contribution in [0, 0.1) is 6.92 Å². The number of alkyl halides is 4. The van der Waals surface area contributed by atoms with Crippen LogP contribution in [0.2, 0.25) is 0 Å². The fourth-order valence-electron chi connectivity index (χ4n) is 3.64. The first kappa shape index (κ1) is 20.6. The summed E-state index contributed by atoms with van der Waals surface area (Å²) in [6.45, 7) is 4.50. The summed E-state index contributed by atoms with van der Waals surface area (Å²) >= 11 is 10.3. The number of hydrogen-bond acceptors (Lipinski definition) is 2. The van der Waals surface area contributed by atoms with Crippen LogP contribution in [0.3, 0.4) is 0 Å². The number of benzene rings is 2. The minimum atomic E-state index is -4.38. The zero-order chi connectivity index (χ0) is 20.0. The lowest BCUT2D eigenvalue weighted by molar-refractivity contribution is -0.137. The molecule has 0 saturated carbocycles. The zero-order valence-corrected chi connectivity index (χ0v) is 17.3. The van der Waals surface area contributed by atoms with Gasteiger partial charge in [0.2, 0.25) is 0 Å². The Labute approximate surface area is 170 Å². The molecule has 27 heavy (non-hydrogen) atoms. The molecule has 1 fully saturated rings. The molecule has 1 saturated heterocycles. The van der Waals surface area contributed by atoms with Crippen molar-refractivity contribution in [3.05, 3.63) is 68.7 Å². The third kappa shape index (κ3) is 3.90. The molecule has 3 unspecified atom stereocenters. The van der Waals surface area contributed by atoms with Gasteiger partial charge in [-0.05, 0) is 41.8 Å². The lowest BCUT2D eigenvalue weighted by Crippen LogP contribution is -2.33. The molecule has 0 aliphatic carbocycles. The van der Waals surface area contributed by atoms with Crippen molar-refractivity contribution >= 4 is 27.5 Å². The largest absolute Gasteiger partial charge is 0.416 e. The summed E-state index contributed by atoms with van der Waals surface area (Å²) in [5, 5.41) is 2.98. The van der Waals surface area contributed by atoms with Gasteiger partial charge in [0.15, 0.2) is 0 Å². The highest BCUT2D eigenvalue weighted by atomic mass is 79.9. The first-order valence-electron chi connectivity index (χ1n) is 8.61. The van der Waals surface area contributed by atoms with Crippen LogP contribution < -0.4 is 11.1 Å². The molecular weight excluding hydrogens is 441 g/mol. The van der Waals surface area contributed by atoms with E-state index in [-0.39, 0.29) is 6.04 Å². The van der Waals surface area contributed by atoms with Gasteiger partial charge in [-0.1, -0.05) is 46.6 Å². The normalized spacial score (nSPS) is 25.8. The Morgan fingerprint density at radius 1 is 1.26 bits per heavy atom. The second-order valence-electron chi connectivity index (χ2n) is 7.32. The molecule has 1 aliphatic rings. The van der Waals surface area contributed by atoms with E-state index in [4.69, 9.17) is 17.3 Å². The maximum absolute atomic E-state index is 13.3. The zero-order valence-electron chi connectivity index (χ0n) is 15.0. The third-order valence-electron chi connectivity index (χ3n) is 5.31. The molecule has 3 atom stereocenters. The molecule has 0 aromatic heterocycles. The molecular formula is C20H21BrClF3N2. The summed E-state index contributed by atoms with van der Waals surface area (Å²) in [5.41, 5.74) is 7.57. The molecule has 2 aromatic carbocycles. The van der Waals surface area contributed by atoms with Crippen LogP contribution in [0.5, 0.6) is 0 Å². The molecule has 7 heteroatoms. The average Bonchev–Trinajstić information content (AvgIpc) is 2.90. The molecule has 2 aromatic rings. The van der Waals surface area contributed by atoms with E-state index in [2.05, 4.69) is 21.2 Å². The van der Waals surface area contributed by atoms with Gasteiger partial charge in [0.1, 0.15) is 0 Å². The smallest absolute Gasteiger partial charge is 0.326 e. The predicted octanol–water partition coefficient (Wildman–Crippen LogP) is 5.44. The van der Waals surface area contributed by atoms with Gasteiger partial charge in [-0.3, -0.25) is 0 Å². The van der Waals surface area contributed by atoms with Gasteiger partial charge in [0, 0.05) is 29.0 Å². The highest BCUT2D eigenvalue weighted by molar-refractivity contribution is 9.10. The molecule has 146 valence electrons. The molecule has 1 aliphatic heterocycles. The molecule has 0 radical (unpaired) electrons. The summed E-state index contributed by atoms with van der Waals surface area (Å²) in [4.78, 5) is 0. The molecule has 2 nitrogen and oxygen atoms in total. The second-order valence-corrected chi connectivity index (χ2v) is 8.64. The lowest BCUT2D eigenvalue weighted by atomic mass is 9.78. The van der Waals surface area contributed by atoms with E-state index in [9.17, 15) is 13.2 Å². The predicted molar refractivity (Wildman–Crippen MR) is 106 cm³/mol.